The van der Waals surface area contributed by atoms with Crippen molar-refractivity contribution in [3.63, 3.8) is 0 Å². The summed E-state index contributed by atoms with van der Waals surface area (Å²) in [6.45, 7) is 2.98. The van der Waals surface area contributed by atoms with E-state index in [1.54, 1.807) is 12.5 Å². The SMILES string of the molecule is CC(NCc1ccoc1)c1ccc(Br)cc1. The maximum Gasteiger partial charge on any atom is 0.0947 e. The van der Waals surface area contributed by atoms with Crippen molar-refractivity contribution in [2.45, 2.75) is 19.5 Å². The minimum atomic E-state index is 0.336. The van der Waals surface area contributed by atoms with E-state index >= 15 is 0 Å². The molecule has 0 amide bonds. The highest BCUT2D eigenvalue weighted by atomic mass is 79.9. The molecule has 1 heterocycles. The van der Waals surface area contributed by atoms with E-state index in [2.05, 4.69) is 52.4 Å². The third-order valence-corrected chi connectivity index (χ3v) is 3.09. The zero-order chi connectivity index (χ0) is 11.4. The monoisotopic (exact) mass is 279 g/mol. The Balaban J connectivity index is 1.93. The highest BCUT2D eigenvalue weighted by Crippen LogP contribution is 2.16. The normalized spacial score (nSPS) is 12.6. The number of hydrogen-bond donors (Lipinski definition) is 1. The van der Waals surface area contributed by atoms with Crippen LogP contribution in [0, 0.1) is 0 Å². The number of furan rings is 1. The van der Waals surface area contributed by atoms with E-state index in [0.29, 0.717) is 6.04 Å². The molecule has 2 nitrogen and oxygen atoms in total. The van der Waals surface area contributed by atoms with Gasteiger partial charge in [-0.1, -0.05) is 28.1 Å². The van der Waals surface area contributed by atoms with Gasteiger partial charge >= 0.3 is 0 Å². The standard InChI is InChI=1S/C13H14BrNO/c1-10(12-2-4-13(14)5-3-12)15-8-11-6-7-16-9-11/h2-7,9-10,15H,8H2,1H3. The summed E-state index contributed by atoms with van der Waals surface area (Å²) in [5.41, 5.74) is 2.45. The molecule has 2 rings (SSSR count). The molecule has 1 N–H and O–H groups in total. The van der Waals surface area contributed by atoms with Crippen LogP contribution in [0.4, 0.5) is 0 Å². The highest BCUT2D eigenvalue weighted by Gasteiger charge is 2.04. The Kier molecular flexibility index (Phi) is 3.80. The van der Waals surface area contributed by atoms with Gasteiger partial charge in [-0.2, -0.15) is 0 Å². The molecule has 0 bridgehead atoms. The van der Waals surface area contributed by atoms with E-state index in [9.17, 15) is 0 Å². The van der Waals surface area contributed by atoms with Crippen LogP contribution in [0.5, 0.6) is 0 Å². The lowest BCUT2D eigenvalue weighted by Gasteiger charge is -2.13. The van der Waals surface area contributed by atoms with Gasteiger partial charge in [0, 0.05) is 22.6 Å². The second kappa shape index (κ2) is 5.32. The Morgan fingerprint density at radius 2 is 2.00 bits per heavy atom. The Labute approximate surface area is 104 Å². The third kappa shape index (κ3) is 2.97. The number of benzene rings is 1. The number of nitrogens with one attached hydrogen (secondary N) is 1. The minimum Gasteiger partial charge on any atom is -0.472 e. The van der Waals surface area contributed by atoms with Crippen LogP contribution in [0.25, 0.3) is 0 Å². The zero-order valence-corrected chi connectivity index (χ0v) is 10.7. The van der Waals surface area contributed by atoms with Crippen molar-refractivity contribution < 1.29 is 4.42 Å². The Bertz CT molecular complexity index is 422. The van der Waals surface area contributed by atoms with Crippen LogP contribution >= 0.6 is 15.9 Å². The summed E-state index contributed by atoms with van der Waals surface area (Å²) in [4.78, 5) is 0. The summed E-state index contributed by atoms with van der Waals surface area (Å²) < 4.78 is 6.13. The summed E-state index contributed by atoms with van der Waals surface area (Å²) in [5, 5.41) is 3.45. The molecule has 3 heteroatoms. The largest absolute Gasteiger partial charge is 0.472 e. The Hall–Kier alpha value is -1.06. The van der Waals surface area contributed by atoms with E-state index < -0.39 is 0 Å². The van der Waals surface area contributed by atoms with Gasteiger partial charge in [-0.3, -0.25) is 0 Å². The quantitative estimate of drug-likeness (QED) is 0.919. The molecule has 0 saturated carbocycles. The number of hydrogen-bond acceptors (Lipinski definition) is 2. The fourth-order valence-corrected chi connectivity index (χ4v) is 1.80. The van der Waals surface area contributed by atoms with E-state index in [1.165, 1.54) is 11.1 Å². The van der Waals surface area contributed by atoms with Crippen LogP contribution in [0.2, 0.25) is 0 Å². The third-order valence-electron chi connectivity index (χ3n) is 2.56. The first kappa shape index (κ1) is 11.4. The molecule has 0 radical (unpaired) electrons. The van der Waals surface area contributed by atoms with Crippen molar-refractivity contribution in [1.82, 2.24) is 5.32 Å². The van der Waals surface area contributed by atoms with Crippen molar-refractivity contribution in [1.29, 1.82) is 0 Å². The second-order valence-electron chi connectivity index (χ2n) is 3.79. The molecule has 1 aromatic heterocycles. The molecule has 1 unspecified atom stereocenters. The molecule has 84 valence electrons. The molecule has 0 aliphatic carbocycles. The van der Waals surface area contributed by atoms with Crippen molar-refractivity contribution in [2.75, 3.05) is 0 Å². The molecule has 1 aromatic carbocycles. The van der Waals surface area contributed by atoms with Crippen molar-refractivity contribution in [2.24, 2.45) is 0 Å². The van der Waals surface area contributed by atoms with Crippen LogP contribution in [-0.2, 0) is 6.54 Å². The van der Waals surface area contributed by atoms with E-state index in [-0.39, 0.29) is 0 Å². The summed E-state index contributed by atoms with van der Waals surface area (Å²) >= 11 is 3.43. The van der Waals surface area contributed by atoms with Crippen LogP contribution in [0.3, 0.4) is 0 Å². The lowest BCUT2D eigenvalue weighted by Crippen LogP contribution is -2.17. The molecule has 0 saturated heterocycles. The van der Waals surface area contributed by atoms with Gasteiger partial charge in [0.1, 0.15) is 0 Å². The predicted molar refractivity (Wildman–Crippen MR) is 68.1 cm³/mol. The molecule has 2 aromatic rings. The van der Waals surface area contributed by atoms with Crippen molar-refractivity contribution >= 4 is 15.9 Å². The molecule has 1 atom stereocenters. The molecule has 16 heavy (non-hydrogen) atoms. The topological polar surface area (TPSA) is 25.2 Å². The first-order valence-electron chi connectivity index (χ1n) is 5.25. The van der Waals surface area contributed by atoms with E-state index in [0.717, 1.165) is 11.0 Å². The minimum absolute atomic E-state index is 0.336. The first-order chi connectivity index (χ1) is 7.75. The summed E-state index contributed by atoms with van der Waals surface area (Å²) in [6.07, 6.45) is 3.46. The summed E-state index contributed by atoms with van der Waals surface area (Å²) in [5.74, 6) is 0. The maximum atomic E-state index is 5.02. The Morgan fingerprint density at radius 3 is 2.62 bits per heavy atom. The van der Waals surface area contributed by atoms with Crippen LogP contribution in [0.1, 0.15) is 24.1 Å². The van der Waals surface area contributed by atoms with Gasteiger partial charge in [0.05, 0.1) is 12.5 Å². The van der Waals surface area contributed by atoms with Gasteiger partial charge in [0.2, 0.25) is 0 Å². The molecule has 0 spiro atoms. The van der Waals surface area contributed by atoms with Crippen LogP contribution in [0.15, 0.2) is 51.7 Å². The number of rotatable bonds is 4. The van der Waals surface area contributed by atoms with Gasteiger partial charge in [-0.05, 0) is 30.7 Å². The van der Waals surface area contributed by atoms with Gasteiger partial charge in [-0.15, -0.1) is 0 Å². The molecular formula is C13H14BrNO. The lowest BCUT2D eigenvalue weighted by atomic mass is 10.1. The molecule has 0 fully saturated rings. The average molecular weight is 280 g/mol. The summed E-state index contributed by atoms with van der Waals surface area (Å²) in [6, 6.07) is 10.7. The van der Waals surface area contributed by atoms with Gasteiger partial charge in [0.15, 0.2) is 0 Å². The lowest BCUT2D eigenvalue weighted by molar-refractivity contribution is 0.546. The van der Waals surface area contributed by atoms with Crippen molar-refractivity contribution in [3.05, 3.63) is 58.5 Å². The second-order valence-corrected chi connectivity index (χ2v) is 4.70. The summed E-state index contributed by atoms with van der Waals surface area (Å²) in [7, 11) is 0. The van der Waals surface area contributed by atoms with Gasteiger partial charge < -0.3 is 9.73 Å². The Morgan fingerprint density at radius 1 is 1.25 bits per heavy atom. The van der Waals surface area contributed by atoms with Gasteiger partial charge in [-0.25, -0.2) is 0 Å². The highest BCUT2D eigenvalue weighted by molar-refractivity contribution is 9.10. The van der Waals surface area contributed by atoms with Crippen molar-refractivity contribution in [3.8, 4) is 0 Å². The fourth-order valence-electron chi connectivity index (χ4n) is 1.53. The predicted octanol–water partition coefficient (Wildman–Crippen LogP) is 3.89. The van der Waals surface area contributed by atoms with E-state index in [1.807, 2.05) is 6.07 Å². The zero-order valence-electron chi connectivity index (χ0n) is 9.11. The molecule has 0 aliphatic rings. The molecular weight excluding hydrogens is 266 g/mol. The van der Waals surface area contributed by atoms with Crippen LogP contribution in [-0.4, -0.2) is 0 Å². The van der Waals surface area contributed by atoms with Gasteiger partial charge in [0.25, 0.3) is 0 Å². The average Bonchev–Trinajstić information content (AvgIpc) is 2.80. The smallest absolute Gasteiger partial charge is 0.0947 e. The van der Waals surface area contributed by atoms with E-state index in [4.69, 9.17) is 4.42 Å². The first-order valence-corrected chi connectivity index (χ1v) is 6.05. The maximum absolute atomic E-state index is 5.02. The van der Waals surface area contributed by atoms with Crippen LogP contribution < -0.4 is 5.32 Å². The molecule has 0 aliphatic heterocycles. The fraction of sp³-hybridized carbons (Fsp3) is 0.231. The number of halogens is 1.